The molecule has 2 saturated carbocycles. The van der Waals surface area contributed by atoms with E-state index in [0.717, 1.165) is 32.1 Å². The molecule has 4 aromatic rings. The molecule has 0 saturated heterocycles. The molecule has 0 aliphatic heterocycles. The third-order valence-corrected chi connectivity index (χ3v) is 15.5. The van der Waals surface area contributed by atoms with Gasteiger partial charge in [-0.05, 0) is 110 Å². The van der Waals surface area contributed by atoms with E-state index < -0.39 is 7.26 Å². The van der Waals surface area contributed by atoms with E-state index in [9.17, 15) is 10.2 Å². The summed E-state index contributed by atoms with van der Waals surface area (Å²) in [4.78, 5) is 0. The summed E-state index contributed by atoms with van der Waals surface area (Å²) in [6.45, 7) is 2.40. The molecule has 2 fully saturated rings. The molecule has 0 aromatic heterocycles. The van der Waals surface area contributed by atoms with Crippen molar-refractivity contribution in [3.05, 3.63) is 120 Å². The average molecular weight is 534 g/mol. The van der Waals surface area contributed by atoms with Gasteiger partial charge < -0.3 is 10.2 Å². The maximum absolute atomic E-state index is 12.6. The lowest BCUT2D eigenvalue weighted by Gasteiger charge is -2.49. The number of fused-ring (bicyclic) bond motifs is 5. The van der Waals surface area contributed by atoms with Gasteiger partial charge in [0, 0.05) is 5.41 Å². The van der Waals surface area contributed by atoms with Crippen LogP contribution in [-0.2, 0) is 6.42 Å². The number of rotatable bonds is 4. The van der Waals surface area contributed by atoms with Crippen molar-refractivity contribution in [3.8, 4) is 5.75 Å². The fourth-order valence-electron chi connectivity index (χ4n) is 8.94. The van der Waals surface area contributed by atoms with E-state index in [0.29, 0.717) is 23.5 Å². The minimum absolute atomic E-state index is 0.0934. The zero-order valence-corrected chi connectivity index (χ0v) is 23.6. The SMILES string of the molecule is C[C@]12CC[C@@H]3c4ccc(O)cc4CC[C@H]3[C@@H]1CC([P+](c1ccccc1)(c1ccccc1)c1ccccc1)[C@@H]2O. The first-order valence-corrected chi connectivity index (χ1v) is 16.4. The first-order valence-electron chi connectivity index (χ1n) is 14.6. The largest absolute Gasteiger partial charge is 0.508 e. The highest BCUT2D eigenvalue weighted by atomic mass is 31.2. The quantitative estimate of drug-likeness (QED) is 0.291. The van der Waals surface area contributed by atoms with Crippen LogP contribution in [0.1, 0.15) is 49.7 Å². The predicted molar refractivity (Wildman–Crippen MR) is 163 cm³/mol. The summed E-state index contributed by atoms with van der Waals surface area (Å²) in [5.41, 5.74) is 2.85. The minimum atomic E-state index is -2.18. The number of phenolic OH excluding ortho intramolecular Hbond substituents is 1. The van der Waals surface area contributed by atoms with Gasteiger partial charge in [-0.25, -0.2) is 0 Å². The summed E-state index contributed by atoms with van der Waals surface area (Å²) < 4.78 is 0. The Balaban J connectivity index is 1.39. The van der Waals surface area contributed by atoms with Gasteiger partial charge in [-0.15, -0.1) is 0 Å². The third kappa shape index (κ3) is 3.75. The molecule has 198 valence electrons. The highest BCUT2D eigenvalue weighted by Crippen LogP contribution is 2.71. The number of phenols is 1. The highest BCUT2D eigenvalue weighted by Gasteiger charge is 2.67. The number of hydrogen-bond acceptors (Lipinski definition) is 2. The van der Waals surface area contributed by atoms with Gasteiger partial charge in [0.05, 0.1) is 6.10 Å². The second kappa shape index (κ2) is 9.61. The van der Waals surface area contributed by atoms with E-state index in [1.165, 1.54) is 27.0 Å². The number of aryl methyl sites for hydroxylation is 1. The van der Waals surface area contributed by atoms with Gasteiger partial charge in [-0.1, -0.05) is 67.6 Å². The fraction of sp³-hybridized carbons (Fsp3) is 0.333. The summed E-state index contributed by atoms with van der Waals surface area (Å²) in [5.74, 6) is 1.96. The summed E-state index contributed by atoms with van der Waals surface area (Å²) in [5, 5.41) is 26.8. The smallest absolute Gasteiger partial charge is 0.117 e. The first kappa shape index (κ1) is 25.1. The summed E-state index contributed by atoms with van der Waals surface area (Å²) in [6, 6.07) is 39.3. The van der Waals surface area contributed by atoms with Crippen LogP contribution in [0.25, 0.3) is 0 Å². The Morgan fingerprint density at radius 3 is 1.87 bits per heavy atom. The average Bonchev–Trinajstić information content (AvgIpc) is 3.25. The lowest BCUT2D eigenvalue weighted by molar-refractivity contribution is -0.0218. The van der Waals surface area contributed by atoms with Crippen LogP contribution in [0.4, 0.5) is 0 Å². The molecule has 2 N–H and O–H groups in total. The van der Waals surface area contributed by atoms with Gasteiger partial charge in [0.2, 0.25) is 0 Å². The molecular formula is C36H38O2P+. The van der Waals surface area contributed by atoms with E-state index in [-0.39, 0.29) is 17.2 Å². The molecule has 3 heteroatoms. The van der Waals surface area contributed by atoms with E-state index in [1.807, 2.05) is 12.1 Å². The second-order valence-electron chi connectivity index (χ2n) is 12.3. The number of hydrogen-bond donors (Lipinski definition) is 2. The van der Waals surface area contributed by atoms with Crippen molar-refractivity contribution in [1.82, 2.24) is 0 Å². The zero-order chi connectivity index (χ0) is 26.6. The normalized spacial score (nSPS) is 29.7. The van der Waals surface area contributed by atoms with Crippen LogP contribution in [0.2, 0.25) is 0 Å². The Labute approximate surface area is 233 Å². The number of aliphatic hydroxyl groups is 1. The highest BCUT2D eigenvalue weighted by molar-refractivity contribution is 7.96. The van der Waals surface area contributed by atoms with Crippen molar-refractivity contribution in [1.29, 1.82) is 0 Å². The van der Waals surface area contributed by atoms with Gasteiger partial charge in [0.25, 0.3) is 0 Å². The topological polar surface area (TPSA) is 40.5 Å². The predicted octanol–water partition coefficient (Wildman–Crippen LogP) is 6.58. The third-order valence-electron chi connectivity index (χ3n) is 10.7. The van der Waals surface area contributed by atoms with Gasteiger partial charge in [-0.2, -0.15) is 0 Å². The van der Waals surface area contributed by atoms with E-state index in [4.69, 9.17) is 0 Å². The van der Waals surface area contributed by atoms with Crippen LogP contribution in [0.5, 0.6) is 5.75 Å². The molecule has 3 aliphatic carbocycles. The van der Waals surface area contributed by atoms with Crippen LogP contribution in [0.3, 0.4) is 0 Å². The molecule has 0 radical (unpaired) electrons. The van der Waals surface area contributed by atoms with E-state index in [1.54, 1.807) is 0 Å². The van der Waals surface area contributed by atoms with Crippen LogP contribution < -0.4 is 15.9 Å². The summed E-state index contributed by atoms with van der Waals surface area (Å²) in [7, 11) is -2.18. The second-order valence-corrected chi connectivity index (χ2v) is 16.0. The van der Waals surface area contributed by atoms with Gasteiger partial charge in [0.1, 0.15) is 34.6 Å². The molecule has 39 heavy (non-hydrogen) atoms. The number of aliphatic hydroxyl groups excluding tert-OH is 1. The summed E-state index contributed by atoms with van der Waals surface area (Å²) in [6.07, 6.45) is 5.03. The lowest BCUT2D eigenvalue weighted by atomic mass is 9.55. The Morgan fingerprint density at radius 1 is 0.744 bits per heavy atom. The molecule has 0 amide bonds. The monoisotopic (exact) mass is 533 g/mol. The maximum atomic E-state index is 12.6. The van der Waals surface area contributed by atoms with Crippen molar-refractivity contribution in [2.75, 3.05) is 0 Å². The van der Waals surface area contributed by atoms with Crippen LogP contribution in [-0.4, -0.2) is 22.0 Å². The first-order chi connectivity index (χ1) is 19.0. The van der Waals surface area contributed by atoms with Gasteiger partial charge in [-0.3, -0.25) is 0 Å². The minimum Gasteiger partial charge on any atom is -0.508 e. The van der Waals surface area contributed by atoms with Crippen molar-refractivity contribution in [3.63, 3.8) is 0 Å². The number of benzene rings is 4. The lowest BCUT2D eigenvalue weighted by Crippen LogP contribution is -2.47. The molecule has 6 atom stereocenters. The van der Waals surface area contributed by atoms with Gasteiger partial charge in [0.15, 0.2) is 0 Å². The zero-order valence-electron chi connectivity index (χ0n) is 22.7. The molecular weight excluding hydrogens is 495 g/mol. The Bertz CT molecular complexity index is 1360. The molecule has 0 spiro atoms. The van der Waals surface area contributed by atoms with Crippen molar-refractivity contribution < 1.29 is 10.2 Å². The fourth-order valence-corrected chi connectivity index (χ4v) is 14.2. The molecule has 7 rings (SSSR count). The molecule has 4 aromatic carbocycles. The van der Waals surface area contributed by atoms with Crippen LogP contribution in [0, 0.1) is 17.3 Å². The van der Waals surface area contributed by atoms with Gasteiger partial charge >= 0.3 is 0 Å². The standard InChI is InChI=1S/C36H37O2P/c1-36-22-21-31-30-20-18-26(37)23-25(30)17-19-32(31)33(36)24-34(35(36)38)39(27-11-5-2-6-12-27,28-13-7-3-8-14-28)29-15-9-4-10-16-29/h2-16,18,20,23,31-35,38H,17,19,21-22,24H2,1H3/p+1/t31-,32-,33+,34?,35+,36+/m1/s1. The maximum Gasteiger partial charge on any atom is 0.117 e. The van der Waals surface area contributed by atoms with Crippen molar-refractivity contribution in [2.24, 2.45) is 17.3 Å². The molecule has 1 unspecified atom stereocenters. The van der Waals surface area contributed by atoms with Crippen LogP contribution in [0.15, 0.2) is 109 Å². The Morgan fingerprint density at radius 2 is 1.31 bits per heavy atom. The van der Waals surface area contributed by atoms with E-state index >= 15 is 0 Å². The Hall–Kier alpha value is -2.93. The Kier molecular flexibility index (Phi) is 6.18. The molecule has 0 bridgehead atoms. The molecule has 3 aliphatic rings. The summed E-state index contributed by atoms with van der Waals surface area (Å²) >= 11 is 0. The van der Waals surface area contributed by atoms with Crippen molar-refractivity contribution >= 4 is 23.2 Å². The molecule has 2 nitrogen and oxygen atoms in total. The van der Waals surface area contributed by atoms with E-state index in [2.05, 4.69) is 104 Å². The number of aromatic hydroxyl groups is 1. The van der Waals surface area contributed by atoms with Crippen molar-refractivity contribution in [2.45, 2.75) is 56.7 Å². The van der Waals surface area contributed by atoms with Crippen LogP contribution >= 0.6 is 7.26 Å². The molecule has 0 heterocycles.